The van der Waals surface area contributed by atoms with Gasteiger partial charge in [-0.05, 0) is 19.3 Å². The fourth-order valence-electron chi connectivity index (χ4n) is 2.18. The van der Waals surface area contributed by atoms with Crippen LogP contribution in [0.3, 0.4) is 0 Å². The van der Waals surface area contributed by atoms with E-state index in [2.05, 4.69) is 15.9 Å². The first-order valence-electron chi connectivity index (χ1n) is 8.43. The number of primary amides is 1. The summed E-state index contributed by atoms with van der Waals surface area (Å²) >= 11 is 5.14. The number of nitrogens with one attached hydrogen (secondary N) is 2. The second kappa shape index (κ2) is 10.6. The van der Waals surface area contributed by atoms with Gasteiger partial charge in [0.2, 0.25) is 5.91 Å². The smallest absolute Gasteiger partial charge is 0.291 e. The van der Waals surface area contributed by atoms with Gasteiger partial charge in [0.05, 0.1) is 6.54 Å². The molecule has 28 heavy (non-hydrogen) atoms. The van der Waals surface area contributed by atoms with Gasteiger partial charge < -0.3 is 15.6 Å². The first-order chi connectivity index (χ1) is 13.0. The van der Waals surface area contributed by atoms with E-state index in [0.717, 1.165) is 0 Å². The number of carbonyl (C=O) groups is 4. The Morgan fingerprint density at radius 2 is 2.00 bits per heavy atom. The molecule has 0 aliphatic heterocycles. The van der Waals surface area contributed by atoms with Crippen molar-refractivity contribution in [2.75, 3.05) is 6.54 Å². The number of halogens is 2. The van der Waals surface area contributed by atoms with Gasteiger partial charge in [0, 0.05) is 12.5 Å². The Bertz CT molecular complexity index is 724. The molecule has 4 amide bonds. The third kappa shape index (κ3) is 7.51. The Hall–Kier alpha value is -2.69. The Kier molecular flexibility index (Phi) is 8.83. The number of amides is 4. The van der Waals surface area contributed by atoms with E-state index in [1.54, 1.807) is 6.92 Å². The van der Waals surface area contributed by atoms with Crippen LogP contribution in [-0.2, 0) is 14.4 Å². The number of nitrogens with zero attached hydrogens (tertiary/aromatic N) is 2. The fraction of sp³-hybridized carbons (Fsp3) is 0.562. The van der Waals surface area contributed by atoms with Crippen molar-refractivity contribution in [2.24, 2.45) is 11.7 Å². The summed E-state index contributed by atoms with van der Waals surface area (Å²) in [7, 11) is 0. The van der Waals surface area contributed by atoms with Crippen molar-refractivity contribution in [3.05, 3.63) is 17.5 Å². The Balaban J connectivity index is 2.91. The third-order valence-electron chi connectivity index (χ3n) is 3.47. The van der Waals surface area contributed by atoms with E-state index in [4.69, 9.17) is 21.9 Å². The van der Waals surface area contributed by atoms with Crippen molar-refractivity contribution >= 4 is 35.2 Å². The van der Waals surface area contributed by atoms with E-state index in [-0.39, 0.29) is 31.0 Å². The van der Waals surface area contributed by atoms with Gasteiger partial charge in [-0.2, -0.15) is 0 Å². The molecule has 156 valence electrons. The van der Waals surface area contributed by atoms with Crippen molar-refractivity contribution in [1.82, 2.24) is 20.9 Å². The molecule has 2 unspecified atom stereocenters. The van der Waals surface area contributed by atoms with Gasteiger partial charge in [0.25, 0.3) is 23.4 Å². The zero-order valence-corrected chi connectivity index (χ0v) is 16.5. The minimum absolute atomic E-state index is 0.00758. The maximum absolute atomic E-state index is 13.2. The van der Waals surface area contributed by atoms with Crippen molar-refractivity contribution in [3.63, 3.8) is 0 Å². The fourth-order valence-corrected chi connectivity index (χ4v) is 2.30. The molecule has 0 aromatic carbocycles. The highest BCUT2D eigenvalue weighted by molar-refractivity contribution is 6.29. The summed E-state index contributed by atoms with van der Waals surface area (Å²) in [5.74, 6) is -3.07. The zero-order chi connectivity index (χ0) is 21.4. The summed E-state index contributed by atoms with van der Waals surface area (Å²) in [6, 6.07) is 0.325. The van der Waals surface area contributed by atoms with Crippen LogP contribution in [0.2, 0.25) is 0 Å². The maximum atomic E-state index is 13.2. The van der Waals surface area contributed by atoms with Gasteiger partial charge in [0.1, 0.15) is 11.8 Å². The second-order valence-electron chi connectivity index (χ2n) is 6.46. The molecule has 0 saturated heterocycles. The highest BCUT2D eigenvalue weighted by Gasteiger charge is 2.29. The van der Waals surface area contributed by atoms with E-state index < -0.39 is 35.3 Å². The molecule has 0 bridgehead atoms. The molecule has 0 aliphatic carbocycles. The summed E-state index contributed by atoms with van der Waals surface area (Å²) in [6.45, 7) is 4.86. The van der Waals surface area contributed by atoms with Gasteiger partial charge >= 0.3 is 0 Å². The number of hydrazine groups is 1. The van der Waals surface area contributed by atoms with Gasteiger partial charge in [-0.15, -0.1) is 0 Å². The van der Waals surface area contributed by atoms with Crippen molar-refractivity contribution in [2.45, 2.75) is 45.3 Å². The monoisotopic (exact) mass is 419 g/mol. The first-order valence-corrected chi connectivity index (χ1v) is 8.87. The molecule has 4 N–H and O–H groups in total. The lowest BCUT2D eigenvalue weighted by Crippen LogP contribution is -2.56. The van der Waals surface area contributed by atoms with E-state index in [1.807, 2.05) is 13.8 Å². The quantitative estimate of drug-likeness (QED) is 0.389. The normalized spacial score (nSPS) is 12.9. The van der Waals surface area contributed by atoms with Crippen molar-refractivity contribution < 1.29 is 28.1 Å². The summed E-state index contributed by atoms with van der Waals surface area (Å²) < 4.78 is 18.0. The molecule has 0 spiro atoms. The minimum atomic E-state index is -2.43. The molecule has 1 rings (SSSR count). The van der Waals surface area contributed by atoms with Crippen molar-refractivity contribution in [3.8, 4) is 0 Å². The van der Waals surface area contributed by atoms with Gasteiger partial charge in [-0.25, -0.2) is 9.40 Å². The van der Waals surface area contributed by atoms with Gasteiger partial charge in [0.15, 0.2) is 5.69 Å². The second-order valence-corrected chi connectivity index (χ2v) is 6.84. The first kappa shape index (κ1) is 23.3. The number of aromatic nitrogens is 1. The molecule has 10 nitrogen and oxygen atoms in total. The summed E-state index contributed by atoms with van der Waals surface area (Å²) in [6.07, 6.45) is -0.110. The van der Waals surface area contributed by atoms with E-state index in [9.17, 15) is 23.6 Å². The Labute approximate surface area is 165 Å². The van der Waals surface area contributed by atoms with Gasteiger partial charge in [-0.3, -0.25) is 24.6 Å². The standard InChI is InChI=1S/C16H23ClFN5O5/c1-8(2)6-10(20-14(25)11-7-9(3)28-22-11)15(26)21-23(5-4-12(19)24)16(27)13(17)18/h7-8,10,13H,4-6H2,1-3H3,(H2,19,24)(H,20,25)(H,21,26). The summed E-state index contributed by atoms with van der Waals surface area (Å²) in [5.41, 5.74) is 4.74. The molecule has 0 aliphatic rings. The van der Waals surface area contributed by atoms with Crippen LogP contribution in [0.1, 0.15) is 42.9 Å². The lowest BCUT2D eigenvalue weighted by Gasteiger charge is -2.26. The molecule has 0 fully saturated rings. The topological polar surface area (TPSA) is 148 Å². The molecule has 1 aromatic heterocycles. The molecular weight excluding hydrogens is 397 g/mol. The Morgan fingerprint density at radius 1 is 1.36 bits per heavy atom. The average Bonchev–Trinajstić information content (AvgIpc) is 3.03. The number of rotatable bonds is 9. The van der Waals surface area contributed by atoms with Crippen LogP contribution in [0, 0.1) is 12.8 Å². The van der Waals surface area contributed by atoms with Crippen LogP contribution in [-0.4, -0.2) is 52.0 Å². The average molecular weight is 420 g/mol. The molecule has 12 heteroatoms. The van der Waals surface area contributed by atoms with E-state index >= 15 is 0 Å². The number of hydrogen-bond donors (Lipinski definition) is 3. The lowest BCUT2D eigenvalue weighted by atomic mass is 10.0. The molecule has 1 aromatic rings. The number of nitrogens with two attached hydrogens (primary N) is 1. The summed E-state index contributed by atoms with van der Waals surface area (Å²) in [5, 5.41) is 6.61. The predicted octanol–water partition coefficient (Wildman–Crippen LogP) is 0.397. The Morgan fingerprint density at radius 3 is 2.46 bits per heavy atom. The number of alkyl halides is 2. The zero-order valence-electron chi connectivity index (χ0n) is 15.7. The summed E-state index contributed by atoms with van der Waals surface area (Å²) in [4.78, 5) is 47.6. The maximum Gasteiger partial charge on any atom is 0.291 e. The van der Waals surface area contributed by atoms with Crippen LogP contribution < -0.4 is 16.5 Å². The predicted molar refractivity (Wildman–Crippen MR) is 96.4 cm³/mol. The molecule has 2 atom stereocenters. The lowest BCUT2D eigenvalue weighted by molar-refractivity contribution is -0.144. The molecular formula is C16H23ClFN5O5. The number of hydrogen-bond acceptors (Lipinski definition) is 6. The van der Waals surface area contributed by atoms with Gasteiger partial charge in [-0.1, -0.05) is 30.6 Å². The van der Waals surface area contributed by atoms with E-state index in [1.165, 1.54) is 6.07 Å². The SMILES string of the molecule is Cc1cc(C(=O)NC(CC(C)C)C(=O)NN(CCC(N)=O)C(=O)C(F)Cl)no1. The number of carbonyl (C=O) groups excluding carboxylic acids is 4. The molecule has 1 heterocycles. The third-order valence-corrected chi connectivity index (χ3v) is 3.66. The van der Waals surface area contributed by atoms with E-state index in [0.29, 0.717) is 10.8 Å². The highest BCUT2D eigenvalue weighted by atomic mass is 35.5. The molecule has 0 radical (unpaired) electrons. The van der Waals surface area contributed by atoms with Crippen molar-refractivity contribution in [1.29, 1.82) is 0 Å². The van der Waals surface area contributed by atoms with Crippen LogP contribution in [0.15, 0.2) is 10.6 Å². The van der Waals surface area contributed by atoms with Crippen LogP contribution in [0.4, 0.5) is 4.39 Å². The highest BCUT2D eigenvalue weighted by Crippen LogP contribution is 2.09. The molecule has 0 saturated carbocycles. The number of aryl methyl sites for hydroxylation is 1. The van der Waals surface area contributed by atoms with Crippen LogP contribution in [0.25, 0.3) is 0 Å². The minimum Gasteiger partial charge on any atom is -0.370 e. The van der Waals surface area contributed by atoms with Crippen LogP contribution >= 0.6 is 11.6 Å². The largest absolute Gasteiger partial charge is 0.370 e. The van der Waals surface area contributed by atoms with Crippen LogP contribution in [0.5, 0.6) is 0 Å².